The van der Waals surface area contributed by atoms with Crippen LogP contribution in [0, 0.1) is 0 Å². The Morgan fingerprint density at radius 1 is 1.12 bits per heavy atom. The van der Waals surface area contributed by atoms with E-state index in [0.717, 1.165) is 5.56 Å². The molecule has 0 aliphatic carbocycles. The molecule has 26 heavy (non-hydrogen) atoms. The van der Waals surface area contributed by atoms with Crippen LogP contribution in [0.1, 0.15) is 19.4 Å². The molecule has 0 saturated carbocycles. The zero-order valence-corrected chi connectivity index (χ0v) is 15.4. The molecule has 2 aromatic carbocycles. The number of rotatable bonds is 6. The van der Waals surface area contributed by atoms with Crippen LogP contribution in [-0.4, -0.2) is 21.3 Å². The fraction of sp³-hybridized carbons (Fsp3) is 0.200. The topological polar surface area (TPSA) is 56.1 Å². The lowest BCUT2D eigenvalue weighted by Gasteiger charge is -2.25. The van der Waals surface area contributed by atoms with E-state index < -0.39 is 5.60 Å². The van der Waals surface area contributed by atoms with Crippen LogP contribution >= 0.6 is 11.6 Å². The summed E-state index contributed by atoms with van der Waals surface area (Å²) in [5.74, 6) is 0.932. The van der Waals surface area contributed by atoms with Gasteiger partial charge in [0.1, 0.15) is 11.6 Å². The van der Waals surface area contributed by atoms with Gasteiger partial charge in [0.05, 0.1) is 12.7 Å². The second kappa shape index (κ2) is 7.62. The van der Waals surface area contributed by atoms with Gasteiger partial charge in [-0.25, -0.2) is 4.68 Å². The number of anilines is 1. The predicted molar refractivity (Wildman–Crippen MR) is 103 cm³/mol. The molecule has 0 radical (unpaired) electrons. The number of nitrogens with one attached hydrogen (secondary N) is 1. The third kappa shape index (κ3) is 4.43. The number of ether oxygens (including phenoxy) is 1. The van der Waals surface area contributed by atoms with Gasteiger partial charge in [-0.15, -0.1) is 0 Å². The SMILES string of the molecule is CC(C)(Oc1ccc(Cl)cc1)C(=O)Nc1ccnn1Cc1ccccc1. The van der Waals surface area contributed by atoms with Gasteiger partial charge in [-0.05, 0) is 43.7 Å². The molecular weight excluding hydrogens is 350 g/mol. The molecule has 3 rings (SSSR count). The fourth-order valence-corrected chi connectivity index (χ4v) is 2.56. The Morgan fingerprint density at radius 2 is 1.81 bits per heavy atom. The number of halogens is 1. The molecule has 0 bridgehead atoms. The molecule has 0 aliphatic heterocycles. The minimum Gasteiger partial charge on any atom is -0.478 e. The van der Waals surface area contributed by atoms with Crippen LogP contribution in [0.3, 0.4) is 0 Å². The quantitative estimate of drug-likeness (QED) is 0.701. The van der Waals surface area contributed by atoms with E-state index in [1.807, 2.05) is 30.3 Å². The average Bonchev–Trinajstić information content (AvgIpc) is 3.04. The number of amides is 1. The van der Waals surface area contributed by atoms with E-state index in [1.165, 1.54) is 0 Å². The maximum absolute atomic E-state index is 12.7. The van der Waals surface area contributed by atoms with Gasteiger partial charge in [0.15, 0.2) is 5.60 Å². The first kappa shape index (κ1) is 18.0. The Balaban J connectivity index is 1.69. The number of nitrogens with zero attached hydrogens (tertiary/aromatic N) is 2. The van der Waals surface area contributed by atoms with Crippen LogP contribution in [0.15, 0.2) is 66.9 Å². The highest BCUT2D eigenvalue weighted by Crippen LogP contribution is 2.22. The van der Waals surface area contributed by atoms with Gasteiger partial charge in [0.2, 0.25) is 0 Å². The minimum absolute atomic E-state index is 0.262. The fourth-order valence-electron chi connectivity index (χ4n) is 2.43. The van der Waals surface area contributed by atoms with Gasteiger partial charge in [-0.2, -0.15) is 5.10 Å². The Bertz CT molecular complexity index is 874. The van der Waals surface area contributed by atoms with Crippen molar-refractivity contribution >= 4 is 23.3 Å². The van der Waals surface area contributed by atoms with E-state index >= 15 is 0 Å². The number of hydrogen-bond acceptors (Lipinski definition) is 3. The largest absolute Gasteiger partial charge is 0.478 e. The molecule has 0 unspecified atom stereocenters. The number of carbonyl (C=O) groups excluding carboxylic acids is 1. The van der Waals surface area contributed by atoms with Crippen LogP contribution < -0.4 is 10.1 Å². The van der Waals surface area contributed by atoms with Crippen molar-refractivity contribution in [3.8, 4) is 5.75 Å². The van der Waals surface area contributed by atoms with Gasteiger partial charge in [-0.1, -0.05) is 41.9 Å². The summed E-state index contributed by atoms with van der Waals surface area (Å²) < 4.78 is 7.57. The van der Waals surface area contributed by atoms with E-state index in [1.54, 1.807) is 55.1 Å². The van der Waals surface area contributed by atoms with E-state index in [0.29, 0.717) is 23.1 Å². The summed E-state index contributed by atoms with van der Waals surface area (Å²) in [7, 11) is 0. The van der Waals surface area contributed by atoms with Gasteiger partial charge in [-0.3, -0.25) is 4.79 Å². The Labute approximate surface area is 157 Å². The first-order valence-electron chi connectivity index (χ1n) is 8.26. The Morgan fingerprint density at radius 3 is 2.50 bits per heavy atom. The van der Waals surface area contributed by atoms with Crippen molar-refractivity contribution in [3.63, 3.8) is 0 Å². The third-order valence-corrected chi connectivity index (χ3v) is 4.12. The van der Waals surface area contributed by atoms with E-state index in [-0.39, 0.29) is 5.91 Å². The van der Waals surface area contributed by atoms with Crippen molar-refractivity contribution in [2.75, 3.05) is 5.32 Å². The molecule has 6 heteroatoms. The molecule has 1 heterocycles. The molecule has 0 fully saturated rings. The van der Waals surface area contributed by atoms with Crippen molar-refractivity contribution in [1.29, 1.82) is 0 Å². The van der Waals surface area contributed by atoms with Crippen LogP contribution in [-0.2, 0) is 11.3 Å². The second-order valence-electron chi connectivity index (χ2n) is 6.38. The van der Waals surface area contributed by atoms with Gasteiger partial charge in [0, 0.05) is 11.1 Å². The maximum Gasteiger partial charge on any atom is 0.269 e. The van der Waals surface area contributed by atoms with Crippen LogP contribution in [0.2, 0.25) is 5.02 Å². The lowest BCUT2D eigenvalue weighted by atomic mass is 10.1. The van der Waals surface area contributed by atoms with Crippen molar-refractivity contribution in [1.82, 2.24) is 9.78 Å². The molecule has 0 aliphatic rings. The molecule has 0 spiro atoms. The summed E-state index contributed by atoms with van der Waals surface area (Å²) in [5, 5.41) is 7.80. The lowest BCUT2D eigenvalue weighted by molar-refractivity contribution is -0.128. The van der Waals surface area contributed by atoms with E-state index in [4.69, 9.17) is 16.3 Å². The van der Waals surface area contributed by atoms with Crippen molar-refractivity contribution < 1.29 is 9.53 Å². The molecule has 1 aromatic heterocycles. The van der Waals surface area contributed by atoms with Crippen molar-refractivity contribution in [3.05, 3.63) is 77.4 Å². The summed E-state index contributed by atoms with van der Waals surface area (Å²) in [5.41, 5.74) is 0.0405. The van der Waals surface area contributed by atoms with Gasteiger partial charge >= 0.3 is 0 Å². The summed E-state index contributed by atoms with van der Waals surface area (Å²) in [6.45, 7) is 4.01. The van der Waals surface area contributed by atoms with Crippen LogP contribution in [0.5, 0.6) is 5.75 Å². The molecule has 0 saturated heterocycles. The monoisotopic (exact) mass is 369 g/mol. The summed E-state index contributed by atoms with van der Waals surface area (Å²) in [4.78, 5) is 12.7. The highest BCUT2D eigenvalue weighted by atomic mass is 35.5. The summed E-state index contributed by atoms with van der Waals surface area (Å²) in [6.07, 6.45) is 1.66. The molecule has 1 amide bonds. The van der Waals surface area contributed by atoms with Crippen molar-refractivity contribution in [2.24, 2.45) is 0 Å². The van der Waals surface area contributed by atoms with E-state index in [9.17, 15) is 4.79 Å². The number of aromatic nitrogens is 2. The minimum atomic E-state index is -1.06. The molecule has 1 N–H and O–H groups in total. The molecule has 134 valence electrons. The van der Waals surface area contributed by atoms with Gasteiger partial charge < -0.3 is 10.1 Å². The number of carbonyl (C=O) groups is 1. The summed E-state index contributed by atoms with van der Waals surface area (Å²) in [6, 6.07) is 18.6. The first-order valence-corrected chi connectivity index (χ1v) is 8.63. The maximum atomic E-state index is 12.7. The Kier molecular flexibility index (Phi) is 5.28. The van der Waals surface area contributed by atoms with E-state index in [2.05, 4.69) is 10.4 Å². The van der Waals surface area contributed by atoms with Crippen LogP contribution in [0.25, 0.3) is 0 Å². The van der Waals surface area contributed by atoms with Crippen molar-refractivity contribution in [2.45, 2.75) is 26.0 Å². The number of benzene rings is 2. The third-order valence-electron chi connectivity index (χ3n) is 3.87. The smallest absolute Gasteiger partial charge is 0.269 e. The van der Waals surface area contributed by atoms with Gasteiger partial charge in [0.25, 0.3) is 5.91 Å². The van der Waals surface area contributed by atoms with Crippen LogP contribution in [0.4, 0.5) is 5.82 Å². The lowest BCUT2D eigenvalue weighted by Crippen LogP contribution is -2.43. The molecular formula is C20H20ClN3O2. The zero-order chi connectivity index (χ0) is 18.6. The highest BCUT2D eigenvalue weighted by molar-refractivity contribution is 6.30. The first-order chi connectivity index (χ1) is 12.4. The Hall–Kier alpha value is -2.79. The zero-order valence-electron chi connectivity index (χ0n) is 14.6. The average molecular weight is 370 g/mol. The normalized spacial score (nSPS) is 11.2. The summed E-state index contributed by atoms with van der Waals surface area (Å²) >= 11 is 5.88. The number of hydrogen-bond donors (Lipinski definition) is 1. The highest BCUT2D eigenvalue weighted by Gasteiger charge is 2.30. The second-order valence-corrected chi connectivity index (χ2v) is 6.82. The standard InChI is InChI=1S/C20H20ClN3O2/c1-20(2,26-17-10-8-16(21)9-11-17)19(25)23-18-12-13-22-24(18)14-15-6-4-3-5-7-15/h3-13H,14H2,1-2H3,(H,23,25). The molecule has 0 atom stereocenters. The molecule has 5 nitrogen and oxygen atoms in total. The predicted octanol–water partition coefficient (Wildman–Crippen LogP) is 4.38. The molecule has 3 aromatic rings.